The zero-order valence-electron chi connectivity index (χ0n) is 33.6. The van der Waals surface area contributed by atoms with Crippen LogP contribution in [-0.2, 0) is 30.8 Å². The predicted octanol–water partition coefficient (Wildman–Crippen LogP) is 6.50. The molecule has 0 N–H and O–H groups in total. The van der Waals surface area contributed by atoms with E-state index in [1.54, 1.807) is 48.7 Å². The number of methoxy groups -OCH3 is 1. The van der Waals surface area contributed by atoms with Crippen LogP contribution in [0.5, 0.6) is 5.75 Å². The van der Waals surface area contributed by atoms with Crippen LogP contribution in [0.4, 0.5) is 0 Å². The Bertz CT molecular complexity index is 2420. The minimum Gasteiger partial charge on any atom is -0.508 e. The van der Waals surface area contributed by atoms with Crippen LogP contribution in [0.15, 0.2) is 113 Å². The summed E-state index contributed by atoms with van der Waals surface area (Å²) < 4.78 is 29.6. The zero-order valence-corrected chi connectivity index (χ0v) is 35.4. The molecule has 0 unspecified atom stereocenters. The maximum Gasteiger partial charge on any atom is 0.333 e. The Hall–Kier alpha value is -5.08. The van der Waals surface area contributed by atoms with Gasteiger partial charge in [-0.05, 0) is 61.2 Å². The molecule has 0 aliphatic carbocycles. The van der Waals surface area contributed by atoms with Crippen molar-refractivity contribution in [3.05, 3.63) is 135 Å². The second kappa shape index (κ2) is 16.0. The van der Waals surface area contributed by atoms with Crippen LogP contribution in [0.2, 0.25) is 5.04 Å². The highest BCUT2D eigenvalue weighted by Crippen LogP contribution is 2.39. The molecular formula is C44H50N4O7SSi. The Labute approximate surface area is 337 Å². The number of benzene rings is 3. The number of carbonyl (C=O) groups excluding carboxylic acids is 1. The number of aromatic nitrogens is 4. The van der Waals surface area contributed by atoms with Gasteiger partial charge in [0.1, 0.15) is 27.2 Å². The van der Waals surface area contributed by atoms with E-state index in [0.29, 0.717) is 52.6 Å². The lowest BCUT2D eigenvalue weighted by molar-refractivity contribution is -0.144. The summed E-state index contributed by atoms with van der Waals surface area (Å²) in [6.07, 6.45) is 4.07. The minimum absolute atomic E-state index is 0.0334. The summed E-state index contributed by atoms with van der Waals surface area (Å²) in [5.74, 6) is -0.0669. The number of para-hydroxylation sites is 1. The number of ether oxygens (including phenoxy) is 3. The maximum atomic E-state index is 15.3. The molecule has 0 radical (unpaired) electrons. The molecule has 3 aromatic carbocycles. The summed E-state index contributed by atoms with van der Waals surface area (Å²) in [5.41, 5.74) is -1.58. The average Bonchev–Trinajstić information content (AvgIpc) is 3.87. The fourth-order valence-corrected chi connectivity index (χ4v) is 13.7. The molecule has 1 atom stereocenters. The summed E-state index contributed by atoms with van der Waals surface area (Å²) in [5, 5.41) is 6.73. The molecule has 4 heterocycles. The SMILES string of the molecule is COc1ccccc1[C@H](Cn1c(=O)n(C(C)(C)C(=O)O[Si](c2ccccc2)(c2ccccc2)C(C)(C)C)c(=O)c2c(C)c(-n3cccn3)sc21)OC1CCOCC1. The van der Waals surface area contributed by atoms with Crippen molar-refractivity contribution in [3.63, 3.8) is 0 Å². The molecule has 0 bridgehead atoms. The highest BCUT2D eigenvalue weighted by atomic mass is 32.1. The van der Waals surface area contributed by atoms with Gasteiger partial charge in [-0.25, -0.2) is 14.0 Å². The van der Waals surface area contributed by atoms with Gasteiger partial charge in [-0.15, -0.1) is 0 Å². The van der Waals surface area contributed by atoms with Gasteiger partial charge in [0.15, 0.2) is 0 Å². The molecule has 0 saturated carbocycles. The lowest BCUT2D eigenvalue weighted by Gasteiger charge is -2.43. The fraction of sp³-hybridized carbons (Fsp3) is 0.364. The van der Waals surface area contributed by atoms with Crippen molar-refractivity contribution in [3.8, 4) is 10.8 Å². The van der Waals surface area contributed by atoms with E-state index < -0.39 is 42.2 Å². The maximum absolute atomic E-state index is 15.3. The van der Waals surface area contributed by atoms with Gasteiger partial charge in [-0.3, -0.25) is 14.2 Å². The summed E-state index contributed by atoms with van der Waals surface area (Å²) in [6.45, 7) is 12.4. The van der Waals surface area contributed by atoms with Crippen molar-refractivity contribution in [2.75, 3.05) is 20.3 Å². The van der Waals surface area contributed by atoms with Crippen LogP contribution < -0.4 is 26.4 Å². The lowest BCUT2D eigenvalue weighted by Crippen LogP contribution is -2.69. The fourth-order valence-electron chi connectivity index (χ4n) is 7.96. The van der Waals surface area contributed by atoms with Crippen molar-refractivity contribution in [2.45, 2.75) is 83.7 Å². The molecule has 6 aromatic rings. The van der Waals surface area contributed by atoms with Gasteiger partial charge in [-0.2, -0.15) is 5.10 Å². The number of fused-ring (bicyclic) bond motifs is 1. The predicted molar refractivity (Wildman–Crippen MR) is 226 cm³/mol. The minimum atomic E-state index is -3.43. The Morgan fingerprint density at radius 1 is 0.912 bits per heavy atom. The molecule has 13 heteroatoms. The van der Waals surface area contributed by atoms with E-state index in [-0.39, 0.29) is 12.6 Å². The van der Waals surface area contributed by atoms with Crippen LogP contribution in [-0.4, -0.2) is 59.6 Å². The zero-order chi connectivity index (χ0) is 40.5. The van der Waals surface area contributed by atoms with Crippen molar-refractivity contribution in [1.82, 2.24) is 18.9 Å². The van der Waals surface area contributed by atoms with E-state index in [1.165, 1.54) is 11.3 Å². The largest absolute Gasteiger partial charge is 0.508 e. The number of aryl methyl sites for hydroxylation is 1. The number of hydrogen-bond acceptors (Lipinski definition) is 9. The average molecular weight is 807 g/mol. The van der Waals surface area contributed by atoms with Crippen LogP contribution in [0.1, 0.15) is 64.7 Å². The molecule has 3 aromatic heterocycles. The van der Waals surface area contributed by atoms with Gasteiger partial charge in [0.25, 0.3) is 5.56 Å². The second-order valence-corrected chi connectivity index (χ2v) is 21.2. The number of thiophene rings is 1. The van der Waals surface area contributed by atoms with Crippen LogP contribution in [0.3, 0.4) is 0 Å². The normalized spacial score (nSPS) is 14.8. The van der Waals surface area contributed by atoms with Crippen molar-refractivity contribution in [2.24, 2.45) is 0 Å². The first-order valence-corrected chi connectivity index (χ1v) is 22.0. The molecule has 11 nitrogen and oxygen atoms in total. The van der Waals surface area contributed by atoms with Crippen LogP contribution >= 0.6 is 11.3 Å². The monoisotopic (exact) mass is 806 g/mol. The molecule has 57 heavy (non-hydrogen) atoms. The number of carbonyl (C=O) groups is 1. The first-order chi connectivity index (χ1) is 27.3. The molecule has 0 amide bonds. The molecular weight excluding hydrogens is 757 g/mol. The Morgan fingerprint density at radius 3 is 2.11 bits per heavy atom. The molecule has 7 rings (SSSR count). The second-order valence-electron chi connectivity index (χ2n) is 16.0. The quantitative estimate of drug-likeness (QED) is 0.129. The first-order valence-electron chi connectivity index (χ1n) is 19.3. The Balaban J connectivity index is 1.43. The van der Waals surface area contributed by atoms with E-state index >= 15 is 9.59 Å². The smallest absolute Gasteiger partial charge is 0.333 e. The van der Waals surface area contributed by atoms with E-state index in [2.05, 4.69) is 25.9 Å². The number of nitrogens with zero attached hydrogens (tertiary/aromatic N) is 4. The summed E-state index contributed by atoms with van der Waals surface area (Å²) in [7, 11) is -1.83. The van der Waals surface area contributed by atoms with Crippen molar-refractivity contribution < 1.29 is 23.4 Å². The first kappa shape index (κ1) is 40.1. The van der Waals surface area contributed by atoms with Crippen molar-refractivity contribution in [1.29, 1.82) is 0 Å². The van der Waals surface area contributed by atoms with Gasteiger partial charge >= 0.3 is 20.0 Å². The molecule has 1 aliphatic rings. The van der Waals surface area contributed by atoms with Crippen LogP contribution in [0, 0.1) is 6.92 Å². The Kier molecular flexibility index (Phi) is 11.3. The van der Waals surface area contributed by atoms with E-state index in [0.717, 1.165) is 20.5 Å². The van der Waals surface area contributed by atoms with E-state index in [4.69, 9.17) is 18.6 Å². The number of rotatable bonds is 12. The summed E-state index contributed by atoms with van der Waals surface area (Å²) in [4.78, 5) is 45.9. The van der Waals surface area contributed by atoms with E-state index in [1.807, 2.05) is 91.9 Å². The van der Waals surface area contributed by atoms with Gasteiger partial charge in [-0.1, -0.05) is 111 Å². The highest BCUT2D eigenvalue weighted by Gasteiger charge is 2.55. The van der Waals surface area contributed by atoms with Gasteiger partial charge in [0.2, 0.25) is 0 Å². The highest BCUT2D eigenvalue weighted by molar-refractivity contribution is 7.21. The Morgan fingerprint density at radius 2 is 1.53 bits per heavy atom. The lowest BCUT2D eigenvalue weighted by atomic mass is 10.0. The molecule has 0 spiro atoms. The summed E-state index contributed by atoms with van der Waals surface area (Å²) in [6, 6.07) is 29.0. The van der Waals surface area contributed by atoms with Crippen molar-refractivity contribution >= 4 is 46.2 Å². The van der Waals surface area contributed by atoms with Crippen LogP contribution in [0.25, 0.3) is 15.2 Å². The van der Waals surface area contributed by atoms with Gasteiger partial charge in [0.05, 0.1) is 25.1 Å². The van der Waals surface area contributed by atoms with Gasteiger partial charge in [0, 0.05) is 36.7 Å². The molecule has 298 valence electrons. The molecule has 1 saturated heterocycles. The third kappa shape index (κ3) is 7.33. The third-order valence-corrected chi connectivity index (χ3v) is 17.2. The molecule has 1 fully saturated rings. The molecule has 1 aliphatic heterocycles. The van der Waals surface area contributed by atoms with E-state index in [9.17, 15) is 4.79 Å². The summed E-state index contributed by atoms with van der Waals surface area (Å²) >= 11 is 1.30. The topological polar surface area (TPSA) is 116 Å². The van der Waals surface area contributed by atoms with Gasteiger partial charge < -0.3 is 18.6 Å². The standard InChI is InChI=1S/C44H50N4O7SSi/c1-30-37-38(49)48(44(5,6)41(50)55-57(43(2,3)4,32-17-10-8-11-18-32)33-19-12-9-13-20-33)42(51)46(40(37)56-39(30)47-26-16-25-45-47)29-36(54-31-23-27-53-28-24-31)34-21-14-15-22-35(34)52-7/h8-22,25-26,31,36H,23-24,27-29H2,1-7H3/t36-/m0/s1. The number of hydrogen-bond donors (Lipinski definition) is 0. The third-order valence-electron chi connectivity index (χ3n) is 11.0.